The van der Waals surface area contributed by atoms with Gasteiger partial charge >= 0.3 is 0 Å². The first-order valence-electron chi connectivity index (χ1n) is 8.64. The van der Waals surface area contributed by atoms with E-state index in [1.54, 1.807) is 0 Å². The summed E-state index contributed by atoms with van der Waals surface area (Å²) in [5.41, 5.74) is 4.87. The van der Waals surface area contributed by atoms with Crippen LogP contribution >= 0.6 is 0 Å². The number of hydrogen-bond acceptors (Lipinski definition) is 1. The Balaban J connectivity index is 0.000000847. The van der Waals surface area contributed by atoms with Crippen molar-refractivity contribution in [1.82, 2.24) is 4.90 Å². The van der Waals surface area contributed by atoms with Crippen LogP contribution in [-0.2, 0) is 5.41 Å². The van der Waals surface area contributed by atoms with E-state index in [2.05, 4.69) is 68.9 Å². The van der Waals surface area contributed by atoms with Crippen LogP contribution in [0.3, 0.4) is 0 Å². The zero-order valence-corrected chi connectivity index (χ0v) is 14.9. The molecule has 2 fully saturated rings. The summed E-state index contributed by atoms with van der Waals surface area (Å²) in [6, 6.07) is 9.01. The highest BCUT2D eigenvalue weighted by atomic mass is 15.1. The van der Waals surface area contributed by atoms with Crippen LogP contribution in [0.25, 0.3) is 0 Å². The molecule has 1 aromatic carbocycles. The molecule has 1 aromatic rings. The average Bonchev–Trinajstić information content (AvgIpc) is 3.27. The van der Waals surface area contributed by atoms with Gasteiger partial charge in [-0.15, -0.1) is 0 Å². The van der Waals surface area contributed by atoms with Crippen LogP contribution in [0.15, 0.2) is 48.8 Å². The molecule has 2 aliphatic carbocycles. The Kier molecular flexibility index (Phi) is 4.84. The van der Waals surface area contributed by atoms with Crippen molar-refractivity contribution in [2.75, 3.05) is 7.05 Å². The smallest absolute Gasteiger partial charge is 0.0360 e. The van der Waals surface area contributed by atoms with Crippen LogP contribution in [0.2, 0.25) is 0 Å². The van der Waals surface area contributed by atoms with Crippen LogP contribution in [0.4, 0.5) is 0 Å². The normalized spacial score (nSPS) is 20.0. The van der Waals surface area contributed by atoms with Gasteiger partial charge in [-0.3, -0.25) is 0 Å². The third-order valence-corrected chi connectivity index (χ3v) is 5.23. The minimum atomic E-state index is 0.163. The molecule has 0 aromatic heterocycles. The highest BCUT2D eigenvalue weighted by Gasteiger charge is 2.62. The van der Waals surface area contributed by atoms with Crippen LogP contribution in [0.5, 0.6) is 0 Å². The minimum Gasteiger partial charge on any atom is -0.354 e. The number of hydrogen-bond donors (Lipinski definition) is 0. The van der Waals surface area contributed by atoms with Crippen molar-refractivity contribution in [3.8, 4) is 0 Å². The predicted octanol–water partition coefficient (Wildman–Crippen LogP) is 5.81. The van der Waals surface area contributed by atoms with E-state index in [0.29, 0.717) is 5.41 Å². The van der Waals surface area contributed by atoms with Gasteiger partial charge in [-0.2, -0.15) is 0 Å². The van der Waals surface area contributed by atoms with E-state index in [-0.39, 0.29) is 5.41 Å². The number of rotatable bonds is 4. The summed E-state index contributed by atoms with van der Waals surface area (Å²) >= 11 is 0. The Morgan fingerprint density at radius 2 is 1.86 bits per heavy atom. The van der Waals surface area contributed by atoms with Gasteiger partial charge in [-0.1, -0.05) is 56.3 Å². The van der Waals surface area contributed by atoms with Gasteiger partial charge in [0.2, 0.25) is 0 Å². The van der Waals surface area contributed by atoms with E-state index in [1.165, 1.54) is 42.5 Å². The molecule has 1 spiro atoms. The minimum absolute atomic E-state index is 0.163. The topological polar surface area (TPSA) is 3.24 Å². The lowest BCUT2D eigenvalue weighted by molar-refractivity contribution is 0.131. The molecular formula is C21H31N. The lowest BCUT2D eigenvalue weighted by Crippen LogP contribution is -2.47. The molecule has 0 atom stereocenters. The predicted molar refractivity (Wildman–Crippen MR) is 96.8 cm³/mol. The van der Waals surface area contributed by atoms with E-state index in [4.69, 9.17) is 0 Å². The molecule has 0 amide bonds. The first-order valence-corrected chi connectivity index (χ1v) is 8.64. The largest absolute Gasteiger partial charge is 0.354 e. The summed E-state index contributed by atoms with van der Waals surface area (Å²) in [6.45, 7) is 12.7. The lowest BCUT2D eigenvalue weighted by atomic mass is 9.54. The first-order chi connectivity index (χ1) is 10.5. The summed E-state index contributed by atoms with van der Waals surface area (Å²) in [5, 5.41) is 0. The maximum Gasteiger partial charge on any atom is 0.0360 e. The van der Waals surface area contributed by atoms with Crippen LogP contribution in [-0.4, -0.2) is 11.9 Å². The quantitative estimate of drug-likeness (QED) is 0.677. The van der Waals surface area contributed by atoms with Gasteiger partial charge in [-0.25, -0.2) is 0 Å². The van der Waals surface area contributed by atoms with Crippen molar-refractivity contribution >= 4 is 0 Å². The molecule has 0 bridgehead atoms. The molecule has 3 rings (SSSR count). The highest BCUT2D eigenvalue weighted by molar-refractivity contribution is 5.43. The summed E-state index contributed by atoms with van der Waals surface area (Å²) in [4.78, 5) is 2.21. The molecule has 1 nitrogen and oxygen atoms in total. The molecule has 0 N–H and O–H groups in total. The van der Waals surface area contributed by atoms with E-state index in [9.17, 15) is 0 Å². The number of aryl methyl sites for hydroxylation is 1. The average molecular weight is 297 g/mol. The van der Waals surface area contributed by atoms with Crippen molar-refractivity contribution < 1.29 is 0 Å². The molecular weight excluding hydrogens is 266 g/mol. The Hall–Kier alpha value is -1.50. The molecule has 0 unspecified atom stereocenters. The zero-order chi connectivity index (χ0) is 16.4. The third-order valence-electron chi connectivity index (χ3n) is 5.23. The van der Waals surface area contributed by atoms with E-state index >= 15 is 0 Å². The maximum absolute atomic E-state index is 4.44. The van der Waals surface area contributed by atoms with Crippen molar-refractivity contribution in [2.24, 2.45) is 5.41 Å². The Morgan fingerprint density at radius 3 is 2.36 bits per heavy atom. The van der Waals surface area contributed by atoms with Crippen molar-refractivity contribution in [1.29, 1.82) is 0 Å². The lowest BCUT2D eigenvalue weighted by Gasteiger charge is -2.52. The fourth-order valence-corrected chi connectivity index (χ4v) is 3.93. The van der Waals surface area contributed by atoms with E-state index < -0.39 is 0 Å². The van der Waals surface area contributed by atoms with Crippen molar-refractivity contribution in [3.63, 3.8) is 0 Å². The first kappa shape index (κ1) is 16.9. The fourth-order valence-electron chi connectivity index (χ4n) is 3.93. The Morgan fingerprint density at radius 1 is 1.23 bits per heavy atom. The van der Waals surface area contributed by atoms with Crippen LogP contribution in [0, 0.1) is 12.3 Å². The molecule has 120 valence electrons. The number of allylic oxidation sites excluding steroid dienone is 2. The number of likely N-dealkylation sites (N-methyl/N-ethyl adjacent to an activating group) is 1. The Bertz CT molecular complexity index is 555. The number of benzene rings is 1. The van der Waals surface area contributed by atoms with Gasteiger partial charge in [0.15, 0.2) is 0 Å². The Labute approximate surface area is 136 Å². The number of nitrogens with zero attached hydrogens (tertiary/aromatic N) is 1. The van der Waals surface area contributed by atoms with Gasteiger partial charge in [-0.05, 0) is 56.7 Å². The zero-order valence-electron chi connectivity index (χ0n) is 14.9. The second-order valence-electron chi connectivity index (χ2n) is 6.85. The summed E-state index contributed by atoms with van der Waals surface area (Å²) in [7, 11) is 2.12. The van der Waals surface area contributed by atoms with E-state index in [1.807, 2.05) is 13.8 Å². The second kappa shape index (κ2) is 6.32. The van der Waals surface area contributed by atoms with Gasteiger partial charge in [0.05, 0.1) is 0 Å². The van der Waals surface area contributed by atoms with Gasteiger partial charge in [0.25, 0.3) is 0 Å². The molecule has 0 heterocycles. The molecule has 0 saturated heterocycles. The second-order valence-corrected chi connectivity index (χ2v) is 6.85. The van der Waals surface area contributed by atoms with Crippen molar-refractivity contribution in [2.45, 2.75) is 58.8 Å². The van der Waals surface area contributed by atoms with Gasteiger partial charge < -0.3 is 4.90 Å². The molecule has 0 aliphatic heterocycles. The highest BCUT2D eigenvalue weighted by Crippen LogP contribution is 2.71. The van der Waals surface area contributed by atoms with Gasteiger partial charge in [0.1, 0.15) is 0 Å². The van der Waals surface area contributed by atoms with Gasteiger partial charge in [0, 0.05) is 18.2 Å². The van der Waals surface area contributed by atoms with E-state index in [0.717, 1.165) is 0 Å². The monoisotopic (exact) mass is 297 g/mol. The molecule has 0 radical (unpaired) electrons. The third kappa shape index (κ3) is 2.86. The molecule has 22 heavy (non-hydrogen) atoms. The standard InChI is InChI=1S/C19H25N.C2H6/c1-5-11-20(4)16(3)19(13-18(14-19)9-10-18)17-8-6-7-15(2)12-17;1-2/h5-8,11-12H,3,9-10,13-14H2,1-2,4H3;1-2H3/b11-5-;. The molecule has 2 aliphatic rings. The van der Waals surface area contributed by atoms with Crippen LogP contribution < -0.4 is 0 Å². The summed E-state index contributed by atoms with van der Waals surface area (Å²) in [6.07, 6.45) is 9.61. The summed E-state index contributed by atoms with van der Waals surface area (Å²) < 4.78 is 0. The molecule has 1 heteroatoms. The van der Waals surface area contributed by atoms with Crippen molar-refractivity contribution in [3.05, 3.63) is 59.9 Å². The van der Waals surface area contributed by atoms with Crippen LogP contribution in [0.1, 0.15) is 57.6 Å². The molecule has 2 saturated carbocycles. The fraction of sp³-hybridized carbons (Fsp3) is 0.524. The summed E-state index contributed by atoms with van der Waals surface area (Å²) in [5.74, 6) is 0. The SMILES string of the molecule is C=C(N(C)/C=C\C)C1(c2cccc(C)c2)CC2(CC2)C1.CC. The maximum atomic E-state index is 4.44.